The number of hydrogen-bond acceptors (Lipinski definition) is 2. The summed E-state index contributed by atoms with van der Waals surface area (Å²) in [4.78, 5) is 0. The molecule has 0 radical (unpaired) electrons. The minimum Gasteiger partial charge on any atom is -0.359 e. The van der Waals surface area contributed by atoms with Crippen LogP contribution >= 0.6 is 0 Å². The predicted molar refractivity (Wildman–Crippen MR) is 72.8 cm³/mol. The van der Waals surface area contributed by atoms with Crippen molar-refractivity contribution in [2.24, 2.45) is 0 Å². The molecule has 2 heteroatoms. The van der Waals surface area contributed by atoms with Crippen LogP contribution in [0.5, 0.6) is 0 Å². The molecule has 0 bridgehead atoms. The van der Waals surface area contributed by atoms with Crippen LogP contribution in [-0.4, -0.2) is 20.5 Å². The standard InChI is InChI=1S/C15H28O2/c1-3-4-5-6-7-8-9-10-11-12-13-14-17-15-16-2/h1H,4-15H2,2H3. The fraction of sp³-hybridized carbons (Fsp3) is 0.867. The fourth-order valence-electron chi connectivity index (χ4n) is 1.81. The van der Waals surface area contributed by atoms with E-state index in [9.17, 15) is 0 Å². The molecule has 0 aliphatic rings. The molecule has 0 fully saturated rings. The molecule has 0 aromatic heterocycles. The minimum atomic E-state index is 0.428. The Morgan fingerprint density at radius 1 is 0.824 bits per heavy atom. The predicted octanol–water partition coefficient (Wildman–Crippen LogP) is 4.14. The normalized spacial score (nSPS) is 10.4. The van der Waals surface area contributed by atoms with Crippen molar-refractivity contribution < 1.29 is 9.47 Å². The van der Waals surface area contributed by atoms with Crippen molar-refractivity contribution in [3.63, 3.8) is 0 Å². The molecule has 0 saturated carbocycles. The second-order valence-corrected chi connectivity index (χ2v) is 4.45. The van der Waals surface area contributed by atoms with E-state index in [0.29, 0.717) is 6.79 Å². The van der Waals surface area contributed by atoms with Gasteiger partial charge in [0.2, 0.25) is 0 Å². The molecule has 0 N–H and O–H groups in total. The van der Waals surface area contributed by atoms with Crippen LogP contribution in [0.3, 0.4) is 0 Å². The summed E-state index contributed by atoms with van der Waals surface area (Å²) in [6, 6.07) is 0. The van der Waals surface area contributed by atoms with Gasteiger partial charge in [0.15, 0.2) is 0 Å². The topological polar surface area (TPSA) is 18.5 Å². The van der Waals surface area contributed by atoms with Gasteiger partial charge in [0.25, 0.3) is 0 Å². The molecule has 0 saturated heterocycles. The smallest absolute Gasteiger partial charge is 0.146 e. The lowest BCUT2D eigenvalue weighted by Crippen LogP contribution is -1.98. The van der Waals surface area contributed by atoms with Gasteiger partial charge in [-0.2, -0.15) is 0 Å². The highest BCUT2D eigenvalue weighted by molar-refractivity contribution is 4.82. The summed E-state index contributed by atoms with van der Waals surface area (Å²) < 4.78 is 10.0. The average molecular weight is 240 g/mol. The molecule has 2 nitrogen and oxygen atoms in total. The van der Waals surface area contributed by atoms with Crippen molar-refractivity contribution in [1.29, 1.82) is 0 Å². The van der Waals surface area contributed by atoms with Gasteiger partial charge < -0.3 is 9.47 Å². The lowest BCUT2D eigenvalue weighted by atomic mass is 10.1. The SMILES string of the molecule is C#CCCCCCCCCCCCOCOC. The molecule has 0 amide bonds. The summed E-state index contributed by atoms with van der Waals surface area (Å²) in [5.41, 5.74) is 0. The van der Waals surface area contributed by atoms with E-state index in [-0.39, 0.29) is 0 Å². The maximum Gasteiger partial charge on any atom is 0.146 e. The molecule has 100 valence electrons. The maximum absolute atomic E-state index is 5.23. The Kier molecular flexibility index (Phi) is 15.0. The van der Waals surface area contributed by atoms with Crippen molar-refractivity contribution in [3.8, 4) is 12.3 Å². The second kappa shape index (κ2) is 15.5. The molecule has 0 rings (SSSR count). The lowest BCUT2D eigenvalue weighted by molar-refractivity contribution is -0.0315. The number of terminal acetylenes is 1. The zero-order valence-corrected chi connectivity index (χ0v) is 11.4. The third kappa shape index (κ3) is 15.5. The van der Waals surface area contributed by atoms with Crippen LogP contribution < -0.4 is 0 Å². The molecule has 0 spiro atoms. The van der Waals surface area contributed by atoms with Crippen LogP contribution in [0.1, 0.15) is 64.2 Å². The van der Waals surface area contributed by atoms with Gasteiger partial charge in [0, 0.05) is 20.1 Å². The highest BCUT2D eigenvalue weighted by atomic mass is 16.7. The largest absolute Gasteiger partial charge is 0.359 e. The Morgan fingerprint density at radius 3 is 1.88 bits per heavy atom. The molecule has 0 aromatic rings. The third-order valence-electron chi connectivity index (χ3n) is 2.81. The Hall–Kier alpha value is -0.520. The van der Waals surface area contributed by atoms with Crippen LogP contribution in [0.2, 0.25) is 0 Å². The van der Waals surface area contributed by atoms with E-state index in [1.54, 1.807) is 7.11 Å². The van der Waals surface area contributed by atoms with E-state index in [1.807, 2.05) is 0 Å². The van der Waals surface area contributed by atoms with Crippen LogP contribution in [0.4, 0.5) is 0 Å². The van der Waals surface area contributed by atoms with Gasteiger partial charge in [-0.25, -0.2) is 0 Å². The number of methoxy groups -OCH3 is 1. The van der Waals surface area contributed by atoms with Gasteiger partial charge in [-0.1, -0.05) is 44.9 Å². The average Bonchev–Trinajstić information content (AvgIpc) is 2.35. The molecule has 0 aromatic carbocycles. The van der Waals surface area contributed by atoms with E-state index in [1.165, 1.54) is 51.4 Å². The fourth-order valence-corrected chi connectivity index (χ4v) is 1.81. The van der Waals surface area contributed by atoms with Crippen molar-refractivity contribution in [2.45, 2.75) is 64.2 Å². The van der Waals surface area contributed by atoms with Crippen LogP contribution in [0, 0.1) is 12.3 Å². The summed E-state index contributed by atoms with van der Waals surface area (Å²) in [5.74, 6) is 2.69. The third-order valence-corrected chi connectivity index (χ3v) is 2.81. The summed E-state index contributed by atoms with van der Waals surface area (Å²) in [5, 5.41) is 0. The van der Waals surface area contributed by atoms with E-state index in [2.05, 4.69) is 5.92 Å². The maximum atomic E-state index is 5.23. The van der Waals surface area contributed by atoms with Crippen molar-refractivity contribution in [3.05, 3.63) is 0 Å². The molecule has 0 aliphatic heterocycles. The zero-order chi connectivity index (χ0) is 12.6. The van der Waals surface area contributed by atoms with Gasteiger partial charge in [-0.3, -0.25) is 0 Å². The van der Waals surface area contributed by atoms with Crippen molar-refractivity contribution in [1.82, 2.24) is 0 Å². The minimum absolute atomic E-state index is 0.428. The first-order valence-electron chi connectivity index (χ1n) is 6.92. The van der Waals surface area contributed by atoms with E-state index in [4.69, 9.17) is 15.9 Å². The Morgan fingerprint density at radius 2 is 1.35 bits per heavy atom. The van der Waals surface area contributed by atoms with Crippen LogP contribution in [0.25, 0.3) is 0 Å². The molecular formula is C15H28O2. The molecular weight excluding hydrogens is 212 g/mol. The first kappa shape index (κ1) is 16.5. The Balaban J connectivity index is 2.87. The van der Waals surface area contributed by atoms with Crippen molar-refractivity contribution in [2.75, 3.05) is 20.5 Å². The molecule has 0 heterocycles. The number of unbranched alkanes of at least 4 members (excludes halogenated alkanes) is 9. The Bertz CT molecular complexity index is 172. The molecule has 0 unspecified atom stereocenters. The molecule has 0 aliphatic carbocycles. The van der Waals surface area contributed by atoms with Crippen molar-refractivity contribution >= 4 is 0 Å². The van der Waals surface area contributed by atoms with Gasteiger partial charge in [0.1, 0.15) is 6.79 Å². The van der Waals surface area contributed by atoms with Crippen LogP contribution in [-0.2, 0) is 9.47 Å². The second-order valence-electron chi connectivity index (χ2n) is 4.45. The zero-order valence-electron chi connectivity index (χ0n) is 11.4. The van der Waals surface area contributed by atoms with E-state index in [0.717, 1.165) is 19.4 Å². The van der Waals surface area contributed by atoms with Gasteiger partial charge in [-0.15, -0.1) is 12.3 Å². The highest BCUT2D eigenvalue weighted by Crippen LogP contribution is 2.10. The van der Waals surface area contributed by atoms with E-state index < -0.39 is 0 Å². The molecule has 17 heavy (non-hydrogen) atoms. The Labute approximate surface area is 107 Å². The first-order chi connectivity index (χ1) is 8.41. The number of rotatable bonds is 13. The molecule has 0 atom stereocenters. The number of ether oxygens (including phenoxy) is 2. The summed E-state index contributed by atoms with van der Waals surface area (Å²) in [7, 11) is 1.66. The van der Waals surface area contributed by atoms with Gasteiger partial charge >= 0.3 is 0 Å². The van der Waals surface area contributed by atoms with Crippen LogP contribution in [0.15, 0.2) is 0 Å². The van der Waals surface area contributed by atoms with Gasteiger partial charge in [-0.05, 0) is 12.8 Å². The summed E-state index contributed by atoms with van der Waals surface area (Å²) in [6.07, 6.45) is 17.9. The highest BCUT2D eigenvalue weighted by Gasteiger charge is 1.93. The first-order valence-corrected chi connectivity index (χ1v) is 6.92. The van der Waals surface area contributed by atoms with Gasteiger partial charge in [0.05, 0.1) is 0 Å². The monoisotopic (exact) mass is 240 g/mol. The lowest BCUT2D eigenvalue weighted by Gasteiger charge is -2.03. The summed E-state index contributed by atoms with van der Waals surface area (Å²) in [6.45, 7) is 1.26. The van der Waals surface area contributed by atoms with E-state index >= 15 is 0 Å². The quantitative estimate of drug-likeness (QED) is 0.274. The number of hydrogen-bond donors (Lipinski definition) is 0. The summed E-state index contributed by atoms with van der Waals surface area (Å²) >= 11 is 0.